The summed E-state index contributed by atoms with van der Waals surface area (Å²) in [5.74, 6) is 0.549. The molecule has 7 heteroatoms. The van der Waals surface area contributed by atoms with Gasteiger partial charge in [-0.3, -0.25) is 4.79 Å². The fraction of sp³-hybridized carbons (Fsp3) is 0.759. The van der Waals surface area contributed by atoms with E-state index in [1.165, 1.54) is 0 Å². The van der Waals surface area contributed by atoms with Crippen molar-refractivity contribution in [3.05, 3.63) is 35.9 Å². The Kier molecular flexibility index (Phi) is 11.8. The van der Waals surface area contributed by atoms with Gasteiger partial charge in [0.2, 0.25) is 0 Å². The number of benzene rings is 1. The van der Waals surface area contributed by atoms with Crippen LogP contribution in [0, 0.1) is 17.8 Å². The topological polar surface area (TPSA) is 108 Å². The van der Waals surface area contributed by atoms with Gasteiger partial charge < -0.3 is 30.1 Å². The Morgan fingerprint density at radius 3 is 2.33 bits per heavy atom. The Balaban J connectivity index is 1.47. The molecule has 2 fully saturated rings. The molecule has 0 spiro atoms. The van der Waals surface area contributed by atoms with E-state index in [0.29, 0.717) is 31.6 Å². The maximum Gasteiger partial charge on any atom is 0.132 e. The van der Waals surface area contributed by atoms with Crippen molar-refractivity contribution in [1.82, 2.24) is 5.32 Å². The molecule has 3 rings (SSSR count). The summed E-state index contributed by atoms with van der Waals surface area (Å²) < 4.78 is 11.9. The predicted molar refractivity (Wildman–Crippen MR) is 140 cm³/mol. The first-order chi connectivity index (χ1) is 17.4. The smallest absolute Gasteiger partial charge is 0.132 e. The Labute approximate surface area is 216 Å². The average Bonchev–Trinajstić information content (AvgIpc) is 3.33. The maximum atomic E-state index is 12.8. The molecule has 204 valence electrons. The molecular formula is C29H47NO6. The van der Waals surface area contributed by atoms with Crippen molar-refractivity contribution in [2.45, 2.75) is 102 Å². The summed E-state index contributed by atoms with van der Waals surface area (Å²) in [6.07, 6.45) is 3.64. The van der Waals surface area contributed by atoms with Crippen molar-refractivity contribution >= 4 is 5.78 Å². The van der Waals surface area contributed by atoms with Crippen molar-refractivity contribution in [1.29, 1.82) is 0 Å². The largest absolute Gasteiger partial charge is 0.394 e. The summed E-state index contributed by atoms with van der Waals surface area (Å²) in [6, 6.07) is 9.99. The minimum atomic E-state index is -0.762. The van der Waals surface area contributed by atoms with Crippen LogP contribution in [-0.2, 0) is 20.7 Å². The number of nitrogens with one attached hydrogen (secondary N) is 1. The molecule has 2 aliphatic heterocycles. The third kappa shape index (κ3) is 7.83. The summed E-state index contributed by atoms with van der Waals surface area (Å²) in [5.41, 5.74) is 1.12. The SMILES string of the molecule is CC[C@H]1O[C@@H](C)[C@@H](CCC(CCC(=O)CC[C@H]2C(O)[C@@H](CO)O[C@H]2Cc2ccccc2)CNC)C1O. The van der Waals surface area contributed by atoms with Crippen molar-refractivity contribution in [2.75, 3.05) is 20.2 Å². The van der Waals surface area contributed by atoms with Crippen molar-refractivity contribution in [3.8, 4) is 0 Å². The molecule has 0 amide bonds. The zero-order valence-corrected chi connectivity index (χ0v) is 22.2. The van der Waals surface area contributed by atoms with Crippen LogP contribution in [0.15, 0.2) is 30.3 Å². The molecule has 0 bridgehead atoms. The van der Waals surface area contributed by atoms with Crippen LogP contribution in [-0.4, -0.2) is 77.9 Å². The number of aliphatic hydroxyl groups excluding tert-OH is 3. The van der Waals surface area contributed by atoms with Gasteiger partial charge in [-0.2, -0.15) is 0 Å². The zero-order chi connectivity index (χ0) is 26.1. The van der Waals surface area contributed by atoms with E-state index in [1.54, 1.807) is 0 Å². The van der Waals surface area contributed by atoms with Gasteiger partial charge in [0.25, 0.3) is 0 Å². The molecule has 36 heavy (non-hydrogen) atoms. The van der Waals surface area contributed by atoms with Gasteiger partial charge in [-0.25, -0.2) is 0 Å². The molecule has 3 unspecified atom stereocenters. The van der Waals surface area contributed by atoms with Gasteiger partial charge in [0.1, 0.15) is 11.9 Å². The summed E-state index contributed by atoms with van der Waals surface area (Å²) in [7, 11) is 1.93. The molecule has 0 saturated carbocycles. The average molecular weight is 506 g/mol. The van der Waals surface area contributed by atoms with Crippen molar-refractivity contribution in [3.63, 3.8) is 0 Å². The lowest BCUT2D eigenvalue weighted by Crippen LogP contribution is -2.30. The monoisotopic (exact) mass is 505 g/mol. The lowest BCUT2D eigenvalue weighted by Gasteiger charge is -2.22. The molecule has 7 nitrogen and oxygen atoms in total. The van der Waals surface area contributed by atoms with Gasteiger partial charge in [0, 0.05) is 24.7 Å². The number of Topliss-reactive ketones (excluding diaryl/α,β-unsaturated/α-hetero) is 1. The van der Waals surface area contributed by atoms with Crippen LogP contribution in [0.25, 0.3) is 0 Å². The Hall–Kier alpha value is -1.35. The van der Waals surface area contributed by atoms with E-state index in [9.17, 15) is 20.1 Å². The van der Waals surface area contributed by atoms with Crippen LogP contribution < -0.4 is 5.32 Å². The standard InChI is InChI=1S/C29H47NO6/c1-4-25-28(33)23(19(2)35-25)14-11-21(17-30-3)10-12-22(32)13-15-24-26(36-27(18-31)29(24)34)16-20-8-6-5-7-9-20/h5-9,19,21,23-31,33-34H,4,10-18H2,1-3H3/t19-,21?,23+,24+,25+,26-,27+,28?,29?/m0/s1. The number of carbonyl (C=O) groups is 1. The number of ketones is 1. The molecule has 1 aromatic rings. The number of rotatable bonds is 15. The van der Waals surface area contributed by atoms with E-state index in [4.69, 9.17) is 9.47 Å². The van der Waals surface area contributed by atoms with Crippen LogP contribution in [0.2, 0.25) is 0 Å². The Morgan fingerprint density at radius 2 is 1.69 bits per heavy atom. The molecular weight excluding hydrogens is 458 g/mol. The minimum absolute atomic E-state index is 0.0634. The number of carbonyl (C=O) groups excluding carboxylic acids is 1. The van der Waals surface area contributed by atoms with Crippen LogP contribution in [0.4, 0.5) is 0 Å². The van der Waals surface area contributed by atoms with Crippen LogP contribution >= 0.6 is 0 Å². The highest BCUT2D eigenvalue weighted by Crippen LogP contribution is 2.35. The first-order valence-electron chi connectivity index (χ1n) is 13.9. The molecule has 0 aliphatic carbocycles. The molecule has 0 aromatic heterocycles. The fourth-order valence-corrected chi connectivity index (χ4v) is 6.09. The highest BCUT2D eigenvalue weighted by molar-refractivity contribution is 5.78. The molecule has 2 heterocycles. The van der Waals surface area contributed by atoms with Crippen LogP contribution in [0.1, 0.15) is 64.4 Å². The molecule has 2 aliphatic rings. The lowest BCUT2D eigenvalue weighted by molar-refractivity contribution is -0.119. The van der Waals surface area contributed by atoms with Gasteiger partial charge in [0.15, 0.2) is 0 Å². The van der Waals surface area contributed by atoms with Gasteiger partial charge in [0.05, 0.1) is 37.1 Å². The second-order valence-electron chi connectivity index (χ2n) is 10.8. The zero-order valence-electron chi connectivity index (χ0n) is 22.2. The molecule has 2 saturated heterocycles. The third-order valence-corrected chi connectivity index (χ3v) is 8.31. The fourth-order valence-electron chi connectivity index (χ4n) is 6.09. The van der Waals surface area contributed by atoms with Gasteiger partial charge in [-0.1, -0.05) is 37.3 Å². The van der Waals surface area contributed by atoms with E-state index in [1.807, 2.05) is 51.2 Å². The number of aliphatic hydroxyl groups is 3. The highest BCUT2D eigenvalue weighted by atomic mass is 16.5. The lowest BCUT2D eigenvalue weighted by atomic mass is 9.85. The molecule has 4 N–H and O–H groups in total. The number of ether oxygens (including phenoxy) is 2. The van der Waals surface area contributed by atoms with Crippen molar-refractivity contribution in [2.24, 2.45) is 17.8 Å². The van der Waals surface area contributed by atoms with Crippen LogP contribution in [0.5, 0.6) is 0 Å². The summed E-state index contributed by atoms with van der Waals surface area (Å²) in [6.45, 7) is 4.71. The second kappa shape index (κ2) is 14.6. The van der Waals surface area contributed by atoms with E-state index in [0.717, 1.165) is 37.8 Å². The highest BCUT2D eigenvalue weighted by Gasteiger charge is 2.43. The first-order valence-corrected chi connectivity index (χ1v) is 13.9. The van der Waals surface area contributed by atoms with Gasteiger partial charge in [-0.05, 0) is 70.5 Å². The Bertz CT molecular complexity index is 776. The summed E-state index contributed by atoms with van der Waals surface area (Å²) in [4.78, 5) is 12.8. The summed E-state index contributed by atoms with van der Waals surface area (Å²) in [5, 5.41) is 34.2. The summed E-state index contributed by atoms with van der Waals surface area (Å²) >= 11 is 0. The van der Waals surface area contributed by atoms with E-state index in [2.05, 4.69) is 5.32 Å². The van der Waals surface area contributed by atoms with Gasteiger partial charge >= 0.3 is 0 Å². The second-order valence-corrected chi connectivity index (χ2v) is 10.8. The van der Waals surface area contributed by atoms with Crippen LogP contribution in [0.3, 0.4) is 0 Å². The van der Waals surface area contributed by atoms with E-state index >= 15 is 0 Å². The van der Waals surface area contributed by atoms with Crippen molar-refractivity contribution < 1.29 is 29.6 Å². The molecule has 1 aromatic carbocycles. The predicted octanol–water partition coefficient (Wildman–Crippen LogP) is 2.89. The number of hydrogen-bond donors (Lipinski definition) is 4. The molecule has 0 radical (unpaired) electrons. The number of hydrogen-bond acceptors (Lipinski definition) is 7. The van der Waals surface area contributed by atoms with Gasteiger partial charge in [-0.15, -0.1) is 0 Å². The Morgan fingerprint density at radius 1 is 0.972 bits per heavy atom. The van der Waals surface area contributed by atoms with E-state index in [-0.39, 0.29) is 42.5 Å². The molecule has 9 atom stereocenters. The maximum absolute atomic E-state index is 12.8. The first kappa shape index (κ1) is 29.2. The third-order valence-electron chi connectivity index (χ3n) is 8.31. The van der Waals surface area contributed by atoms with E-state index < -0.39 is 18.3 Å². The normalized spacial score (nSPS) is 33.2. The quantitative estimate of drug-likeness (QED) is 0.290. The minimum Gasteiger partial charge on any atom is -0.394 e.